The first kappa shape index (κ1) is 27.1. The summed E-state index contributed by atoms with van der Waals surface area (Å²) in [7, 11) is 3.33. The van der Waals surface area contributed by atoms with E-state index in [1.807, 2.05) is 20.8 Å². The molecule has 9 nitrogen and oxygen atoms in total. The van der Waals surface area contributed by atoms with Gasteiger partial charge in [0.2, 0.25) is 5.91 Å². The number of hydrogen-bond acceptors (Lipinski definition) is 6. The number of nitrogens with one attached hydrogen (secondary N) is 1. The summed E-state index contributed by atoms with van der Waals surface area (Å²) in [5.74, 6) is -0.223. The average molecular weight is 497 g/mol. The van der Waals surface area contributed by atoms with Gasteiger partial charge in [0.1, 0.15) is 18.1 Å². The zero-order valence-electron chi connectivity index (χ0n) is 21.7. The third-order valence-electron chi connectivity index (χ3n) is 6.35. The van der Waals surface area contributed by atoms with Gasteiger partial charge in [-0.1, -0.05) is 19.9 Å². The maximum absolute atomic E-state index is 13.4. The molecule has 0 aliphatic carbocycles. The summed E-state index contributed by atoms with van der Waals surface area (Å²) in [5.41, 5.74) is 1.28. The van der Waals surface area contributed by atoms with Crippen LogP contribution in [0.15, 0.2) is 42.6 Å². The molecule has 2 heterocycles. The molecule has 0 saturated heterocycles. The van der Waals surface area contributed by atoms with Gasteiger partial charge in [0.05, 0.1) is 17.7 Å². The summed E-state index contributed by atoms with van der Waals surface area (Å²) in [6.45, 7) is 6.74. The molecular weight excluding hydrogens is 460 g/mol. The van der Waals surface area contributed by atoms with Crippen LogP contribution in [0.1, 0.15) is 54.5 Å². The largest absolute Gasteiger partial charge is 0.491 e. The lowest BCUT2D eigenvalue weighted by Gasteiger charge is -2.36. The lowest BCUT2D eigenvalue weighted by molar-refractivity contribution is -0.116. The number of amides is 3. The van der Waals surface area contributed by atoms with Gasteiger partial charge in [0.25, 0.3) is 11.8 Å². The lowest BCUT2D eigenvalue weighted by Crippen LogP contribution is -2.48. The number of likely N-dealkylation sites (N-methyl/N-ethyl adjacent to an activating group) is 1. The minimum Gasteiger partial charge on any atom is -0.491 e. The molecule has 0 saturated carbocycles. The fraction of sp³-hybridized carbons (Fsp3) is 0.481. The Bertz CT molecular complexity index is 1060. The van der Waals surface area contributed by atoms with Gasteiger partial charge < -0.3 is 24.6 Å². The molecule has 0 unspecified atom stereocenters. The molecule has 1 N–H and O–H groups in total. The van der Waals surface area contributed by atoms with Crippen molar-refractivity contribution in [2.24, 2.45) is 5.92 Å². The van der Waals surface area contributed by atoms with Crippen molar-refractivity contribution in [3.05, 3.63) is 53.9 Å². The summed E-state index contributed by atoms with van der Waals surface area (Å²) < 4.78 is 11.9. The highest BCUT2D eigenvalue weighted by atomic mass is 16.5. The van der Waals surface area contributed by atoms with E-state index in [-0.39, 0.29) is 42.4 Å². The molecule has 0 fully saturated rings. The fourth-order valence-corrected chi connectivity index (χ4v) is 4.22. The fourth-order valence-electron chi connectivity index (χ4n) is 4.22. The summed E-state index contributed by atoms with van der Waals surface area (Å²) >= 11 is 0. The maximum Gasteiger partial charge on any atom is 0.272 e. The molecule has 3 rings (SSSR count). The van der Waals surface area contributed by atoms with Gasteiger partial charge in [0, 0.05) is 57.5 Å². The van der Waals surface area contributed by atoms with Crippen LogP contribution in [0.4, 0.5) is 5.69 Å². The van der Waals surface area contributed by atoms with Crippen molar-refractivity contribution in [2.45, 2.75) is 45.8 Å². The van der Waals surface area contributed by atoms with Crippen LogP contribution in [0.5, 0.6) is 5.75 Å². The molecule has 2 aromatic rings. The quantitative estimate of drug-likeness (QED) is 0.680. The highest BCUT2D eigenvalue weighted by Crippen LogP contribution is 2.27. The molecule has 36 heavy (non-hydrogen) atoms. The van der Waals surface area contributed by atoms with Gasteiger partial charge in [-0.3, -0.25) is 19.4 Å². The molecular formula is C27H36N4O5. The number of nitrogens with zero attached hydrogens (tertiary/aromatic N) is 3. The highest BCUT2D eigenvalue weighted by Gasteiger charge is 2.31. The van der Waals surface area contributed by atoms with Crippen molar-refractivity contribution < 1.29 is 23.9 Å². The van der Waals surface area contributed by atoms with Crippen LogP contribution in [0.2, 0.25) is 0 Å². The first-order chi connectivity index (χ1) is 17.2. The highest BCUT2D eigenvalue weighted by molar-refractivity contribution is 5.98. The van der Waals surface area contributed by atoms with E-state index in [9.17, 15) is 14.4 Å². The summed E-state index contributed by atoms with van der Waals surface area (Å²) in [5, 5.41) is 2.85. The van der Waals surface area contributed by atoms with E-state index in [1.54, 1.807) is 66.6 Å². The number of aromatic nitrogens is 1. The molecule has 0 bridgehead atoms. The third-order valence-corrected chi connectivity index (χ3v) is 6.35. The summed E-state index contributed by atoms with van der Waals surface area (Å²) in [4.78, 5) is 46.4. The number of hydrogen-bond donors (Lipinski definition) is 1. The Balaban J connectivity index is 1.97. The van der Waals surface area contributed by atoms with Gasteiger partial charge in [-0.15, -0.1) is 0 Å². The van der Waals surface area contributed by atoms with E-state index in [0.29, 0.717) is 42.2 Å². The van der Waals surface area contributed by atoms with E-state index in [1.165, 1.54) is 0 Å². The van der Waals surface area contributed by atoms with Crippen LogP contribution < -0.4 is 10.1 Å². The van der Waals surface area contributed by atoms with E-state index in [0.717, 1.165) is 6.42 Å². The first-order valence-corrected chi connectivity index (χ1v) is 12.3. The van der Waals surface area contributed by atoms with Crippen molar-refractivity contribution in [1.29, 1.82) is 0 Å². The summed E-state index contributed by atoms with van der Waals surface area (Å²) in [6.07, 6.45) is 2.43. The molecule has 0 radical (unpaired) electrons. The predicted molar refractivity (Wildman–Crippen MR) is 137 cm³/mol. The zero-order chi connectivity index (χ0) is 26.2. The van der Waals surface area contributed by atoms with E-state index in [2.05, 4.69) is 10.3 Å². The van der Waals surface area contributed by atoms with E-state index >= 15 is 0 Å². The number of carbonyl (C=O) groups excluding carboxylic acids is 3. The molecule has 1 aliphatic heterocycles. The molecule has 9 heteroatoms. The van der Waals surface area contributed by atoms with Gasteiger partial charge >= 0.3 is 0 Å². The number of ether oxygens (including phenoxy) is 2. The van der Waals surface area contributed by atoms with Crippen molar-refractivity contribution in [3.8, 4) is 5.75 Å². The molecule has 1 aliphatic rings. The van der Waals surface area contributed by atoms with Crippen LogP contribution in [0, 0.1) is 5.92 Å². The van der Waals surface area contributed by atoms with E-state index < -0.39 is 0 Å². The van der Waals surface area contributed by atoms with Crippen LogP contribution >= 0.6 is 0 Å². The van der Waals surface area contributed by atoms with Crippen LogP contribution in [0.25, 0.3) is 0 Å². The van der Waals surface area contributed by atoms with Crippen LogP contribution in [0.3, 0.4) is 0 Å². The van der Waals surface area contributed by atoms with E-state index in [4.69, 9.17) is 9.47 Å². The van der Waals surface area contributed by atoms with Gasteiger partial charge in [0.15, 0.2) is 0 Å². The molecule has 1 aromatic heterocycles. The SMILES string of the molecule is CCCC(=O)Nc1ccc2c(c1)OC[C@H](C)N(C(=O)c1ccccn1)C[C@@H](C)[C@@H](OC)CN(C)C2=O. The Labute approximate surface area is 212 Å². The Morgan fingerprint density at radius 2 is 1.97 bits per heavy atom. The predicted octanol–water partition coefficient (Wildman–Crippen LogP) is 3.47. The van der Waals surface area contributed by atoms with Crippen molar-refractivity contribution >= 4 is 23.4 Å². The average Bonchev–Trinajstić information content (AvgIpc) is 2.88. The topological polar surface area (TPSA) is 101 Å². The number of fused-ring (bicyclic) bond motifs is 1. The number of methoxy groups -OCH3 is 1. The standard InChI is InChI=1S/C27H36N4O5/c1-6-9-25(32)29-20-11-12-21-23(14-20)36-17-19(3)31(27(34)22-10-7-8-13-28-22)15-18(2)24(35-5)16-30(4)26(21)33/h7-8,10-14,18-19,24H,6,9,15-17H2,1-5H3,(H,29,32)/t18-,19+,24+/m1/s1. The molecule has 194 valence electrons. The third kappa shape index (κ3) is 6.60. The monoisotopic (exact) mass is 496 g/mol. The lowest BCUT2D eigenvalue weighted by atomic mass is 10.0. The van der Waals surface area contributed by atoms with Crippen LogP contribution in [-0.4, -0.2) is 78.5 Å². The first-order valence-electron chi connectivity index (χ1n) is 12.3. The molecule has 3 atom stereocenters. The Morgan fingerprint density at radius 3 is 2.64 bits per heavy atom. The van der Waals surface area contributed by atoms with Crippen LogP contribution in [-0.2, 0) is 9.53 Å². The number of benzene rings is 1. The second kappa shape index (κ2) is 12.5. The van der Waals surface area contributed by atoms with Crippen molar-refractivity contribution in [2.75, 3.05) is 39.2 Å². The number of pyridine rings is 1. The summed E-state index contributed by atoms with van der Waals surface area (Å²) in [6, 6.07) is 9.94. The Hall–Kier alpha value is -3.46. The molecule has 1 aromatic carbocycles. The smallest absolute Gasteiger partial charge is 0.272 e. The normalized spacial score (nSPS) is 21.0. The Morgan fingerprint density at radius 1 is 1.19 bits per heavy atom. The number of carbonyl (C=O) groups is 3. The second-order valence-corrected chi connectivity index (χ2v) is 9.28. The van der Waals surface area contributed by atoms with Gasteiger partial charge in [-0.2, -0.15) is 0 Å². The second-order valence-electron chi connectivity index (χ2n) is 9.28. The van der Waals surface area contributed by atoms with Gasteiger partial charge in [-0.25, -0.2) is 0 Å². The van der Waals surface area contributed by atoms with Crippen molar-refractivity contribution in [1.82, 2.24) is 14.8 Å². The number of anilines is 1. The molecule has 0 spiro atoms. The minimum absolute atomic E-state index is 0.0598. The zero-order valence-corrected chi connectivity index (χ0v) is 21.7. The molecule has 3 amide bonds. The van der Waals surface area contributed by atoms with Gasteiger partial charge in [-0.05, 0) is 37.6 Å². The maximum atomic E-state index is 13.4. The number of rotatable bonds is 5. The Kier molecular flexibility index (Phi) is 9.41. The van der Waals surface area contributed by atoms with Crippen molar-refractivity contribution in [3.63, 3.8) is 0 Å². The minimum atomic E-state index is -0.321.